The molecule has 0 aliphatic rings. The summed E-state index contributed by atoms with van der Waals surface area (Å²) >= 11 is 0. The standard InChI is InChI=1S/C35H70N3O3P/c1-6-7-8-9-10-11-12-13-14-15-16-17-18-19-20-21-24-28-35(39)37-30-25-22-23-26-31-40-42(41-32-27-29-36)38(33(2)3)34(4)5/h33-34H,6-28,30-32H2,1-5H3,(H,37,39). The number of hydrogen-bond acceptors (Lipinski definition) is 5. The van der Waals surface area contributed by atoms with Crippen LogP contribution < -0.4 is 5.32 Å². The van der Waals surface area contributed by atoms with Crippen LogP contribution in [0.25, 0.3) is 0 Å². The molecule has 0 saturated carbocycles. The van der Waals surface area contributed by atoms with Crippen LogP contribution in [0.2, 0.25) is 0 Å². The molecule has 1 amide bonds. The van der Waals surface area contributed by atoms with Gasteiger partial charge in [0, 0.05) is 25.0 Å². The fraction of sp³-hybridized carbons (Fsp3) is 0.943. The van der Waals surface area contributed by atoms with Gasteiger partial charge in [-0.15, -0.1) is 0 Å². The van der Waals surface area contributed by atoms with Gasteiger partial charge in [-0.2, -0.15) is 5.26 Å². The lowest BCUT2D eigenvalue weighted by Gasteiger charge is -2.35. The molecule has 0 aromatic carbocycles. The van der Waals surface area contributed by atoms with Gasteiger partial charge in [-0.3, -0.25) is 4.79 Å². The molecule has 42 heavy (non-hydrogen) atoms. The Hall–Kier alpha value is -0.730. The van der Waals surface area contributed by atoms with E-state index < -0.39 is 8.53 Å². The van der Waals surface area contributed by atoms with Crippen molar-refractivity contribution in [2.45, 2.75) is 194 Å². The summed E-state index contributed by atoms with van der Waals surface area (Å²) in [6, 6.07) is 2.79. The zero-order chi connectivity index (χ0) is 31.1. The molecule has 0 aromatic rings. The van der Waals surface area contributed by atoms with Crippen LogP contribution in [-0.4, -0.2) is 42.4 Å². The summed E-state index contributed by atoms with van der Waals surface area (Å²) in [5.41, 5.74) is 0. The van der Waals surface area contributed by atoms with E-state index in [-0.39, 0.29) is 5.91 Å². The molecule has 7 heteroatoms. The quantitative estimate of drug-likeness (QED) is 0.0605. The SMILES string of the molecule is CCCCCCCCCCCCCCCCCCCC(=O)NCCCCCCOP(OCCC#N)N(C(C)C)C(C)C. The predicted octanol–water partition coefficient (Wildman–Crippen LogP) is 11.0. The maximum absolute atomic E-state index is 12.1. The normalized spacial score (nSPS) is 12.4. The van der Waals surface area contributed by atoms with Crippen molar-refractivity contribution >= 4 is 14.4 Å². The van der Waals surface area contributed by atoms with Crippen molar-refractivity contribution in [2.75, 3.05) is 19.8 Å². The van der Waals surface area contributed by atoms with Gasteiger partial charge in [0.2, 0.25) is 5.91 Å². The lowest BCUT2D eigenvalue weighted by atomic mass is 10.0. The second kappa shape index (κ2) is 31.7. The van der Waals surface area contributed by atoms with E-state index in [2.05, 4.69) is 50.7 Å². The number of unbranched alkanes of at least 4 members (excludes halogenated alkanes) is 19. The first-order valence-corrected chi connectivity index (χ1v) is 19.0. The number of amides is 1. The average molecular weight is 612 g/mol. The van der Waals surface area contributed by atoms with Gasteiger partial charge < -0.3 is 14.4 Å². The van der Waals surface area contributed by atoms with Crippen LogP contribution >= 0.6 is 8.53 Å². The lowest BCUT2D eigenvalue weighted by Crippen LogP contribution is -2.33. The third kappa shape index (κ3) is 26.9. The molecule has 1 atom stereocenters. The first-order chi connectivity index (χ1) is 20.4. The molecule has 0 saturated heterocycles. The number of carbonyl (C=O) groups excluding carboxylic acids is 1. The van der Waals surface area contributed by atoms with E-state index >= 15 is 0 Å². The molecular weight excluding hydrogens is 541 g/mol. The molecule has 6 nitrogen and oxygen atoms in total. The van der Waals surface area contributed by atoms with Crippen molar-refractivity contribution in [3.8, 4) is 6.07 Å². The fourth-order valence-electron chi connectivity index (χ4n) is 5.36. The Bertz CT molecular complexity index is 619. The minimum absolute atomic E-state index is 0.210. The molecule has 1 N–H and O–H groups in total. The summed E-state index contributed by atoms with van der Waals surface area (Å²) in [4.78, 5) is 12.1. The van der Waals surface area contributed by atoms with Gasteiger partial charge in [-0.1, -0.05) is 122 Å². The van der Waals surface area contributed by atoms with Gasteiger partial charge in [0.05, 0.1) is 25.7 Å². The molecule has 0 fully saturated rings. The smallest absolute Gasteiger partial charge is 0.259 e. The average Bonchev–Trinajstić information content (AvgIpc) is 2.95. The third-order valence-electron chi connectivity index (χ3n) is 7.76. The van der Waals surface area contributed by atoms with Crippen molar-refractivity contribution in [3.05, 3.63) is 0 Å². The van der Waals surface area contributed by atoms with Crippen LogP contribution in [0.4, 0.5) is 0 Å². The topological polar surface area (TPSA) is 74.6 Å². The highest BCUT2D eigenvalue weighted by atomic mass is 31.2. The lowest BCUT2D eigenvalue weighted by molar-refractivity contribution is -0.121. The summed E-state index contributed by atoms with van der Waals surface area (Å²) in [5.74, 6) is 0.210. The number of rotatable bonds is 32. The Kier molecular flexibility index (Phi) is 31.1. The first-order valence-electron chi connectivity index (χ1n) is 17.9. The van der Waals surface area contributed by atoms with Gasteiger partial charge in [0.15, 0.2) is 0 Å². The third-order valence-corrected chi connectivity index (χ3v) is 9.87. The first kappa shape index (κ1) is 41.3. The highest BCUT2D eigenvalue weighted by Gasteiger charge is 2.26. The number of hydrogen-bond donors (Lipinski definition) is 1. The van der Waals surface area contributed by atoms with E-state index in [0.29, 0.717) is 38.1 Å². The Balaban J connectivity index is 3.56. The van der Waals surface area contributed by atoms with Crippen molar-refractivity contribution in [3.63, 3.8) is 0 Å². The zero-order valence-electron chi connectivity index (χ0n) is 28.6. The zero-order valence-corrected chi connectivity index (χ0v) is 29.5. The second-order valence-corrected chi connectivity index (χ2v) is 14.0. The van der Waals surface area contributed by atoms with Gasteiger partial charge in [-0.05, 0) is 47.0 Å². The Labute approximate surface area is 263 Å². The molecule has 0 heterocycles. The Morgan fingerprint density at radius 3 is 1.57 bits per heavy atom. The van der Waals surface area contributed by atoms with Crippen LogP contribution in [0, 0.1) is 11.3 Å². The van der Waals surface area contributed by atoms with Crippen LogP contribution in [-0.2, 0) is 13.8 Å². The monoisotopic (exact) mass is 612 g/mol. The van der Waals surface area contributed by atoms with Crippen LogP contribution in [0.3, 0.4) is 0 Å². The van der Waals surface area contributed by atoms with Crippen molar-refractivity contribution in [1.82, 2.24) is 9.99 Å². The van der Waals surface area contributed by atoms with Crippen molar-refractivity contribution in [1.29, 1.82) is 5.26 Å². The van der Waals surface area contributed by atoms with Gasteiger partial charge in [-0.25, -0.2) is 4.67 Å². The largest absolute Gasteiger partial charge is 0.356 e. The molecule has 248 valence electrons. The number of nitriles is 1. The van der Waals surface area contributed by atoms with Gasteiger partial charge in [0.1, 0.15) is 0 Å². The Morgan fingerprint density at radius 2 is 1.10 bits per heavy atom. The Morgan fingerprint density at radius 1 is 0.667 bits per heavy atom. The maximum atomic E-state index is 12.1. The summed E-state index contributed by atoms with van der Waals surface area (Å²) in [6.07, 6.45) is 28.4. The number of nitrogens with one attached hydrogen (secondary N) is 1. The van der Waals surface area contributed by atoms with E-state index in [1.54, 1.807) is 0 Å². The van der Waals surface area contributed by atoms with Crippen molar-refractivity contribution < 1.29 is 13.8 Å². The van der Waals surface area contributed by atoms with Crippen LogP contribution in [0.5, 0.6) is 0 Å². The van der Waals surface area contributed by atoms with Gasteiger partial charge >= 0.3 is 0 Å². The van der Waals surface area contributed by atoms with E-state index in [1.807, 2.05) is 0 Å². The molecule has 0 aromatic heterocycles. The fourth-order valence-corrected chi connectivity index (χ4v) is 6.99. The second-order valence-electron chi connectivity index (χ2n) is 12.6. The molecule has 1 unspecified atom stereocenters. The van der Waals surface area contributed by atoms with Crippen LogP contribution in [0.15, 0.2) is 0 Å². The van der Waals surface area contributed by atoms with Crippen LogP contribution in [0.1, 0.15) is 182 Å². The summed E-state index contributed by atoms with van der Waals surface area (Å²) in [6.45, 7) is 12.8. The molecule has 0 aliphatic heterocycles. The minimum Gasteiger partial charge on any atom is -0.356 e. The van der Waals surface area contributed by atoms with E-state index in [1.165, 1.54) is 103 Å². The summed E-state index contributed by atoms with van der Waals surface area (Å²) < 4.78 is 14.3. The van der Waals surface area contributed by atoms with Crippen molar-refractivity contribution in [2.24, 2.45) is 0 Å². The molecule has 0 radical (unpaired) electrons. The van der Waals surface area contributed by atoms with E-state index in [9.17, 15) is 4.79 Å². The number of carbonyl (C=O) groups is 1. The highest BCUT2D eigenvalue weighted by Crippen LogP contribution is 2.46. The number of nitrogens with zero attached hydrogens (tertiary/aromatic N) is 2. The molecule has 0 rings (SSSR count). The highest BCUT2D eigenvalue weighted by molar-refractivity contribution is 7.44. The maximum Gasteiger partial charge on any atom is 0.259 e. The minimum atomic E-state index is -1.14. The predicted molar refractivity (Wildman–Crippen MR) is 181 cm³/mol. The molecule has 0 bridgehead atoms. The van der Waals surface area contributed by atoms with E-state index in [0.717, 1.165) is 38.6 Å². The summed E-state index contributed by atoms with van der Waals surface area (Å²) in [5, 5.41) is 11.9. The molecule has 0 aliphatic carbocycles. The summed E-state index contributed by atoms with van der Waals surface area (Å²) in [7, 11) is -1.14. The molecule has 0 spiro atoms. The van der Waals surface area contributed by atoms with E-state index in [4.69, 9.17) is 14.3 Å². The van der Waals surface area contributed by atoms with Gasteiger partial charge in [0.25, 0.3) is 8.53 Å². The molecular formula is C35H70N3O3P.